The van der Waals surface area contributed by atoms with Gasteiger partial charge in [-0.15, -0.1) is 0 Å². The van der Waals surface area contributed by atoms with E-state index in [1.165, 1.54) is 6.07 Å². The number of imidazole rings is 1. The molecule has 0 aliphatic carbocycles. The van der Waals surface area contributed by atoms with Gasteiger partial charge in [0.2, 0.25) is 5.95 Å². The van der Waals surface area contributed by atoms with Crippen LogP contribution < -0.4 is 10.1 Å². The minimum absolute atomic E-state index is 0.293. The molecule has 0 radical (unpaired) electrons. The number of aromatic nitrogens is 3. The van der Waals surface area contributed by atoms with Crippen LogP contribution in [-0.4, -0.2) is 28.1 Å². The van der Waals surface area contributed by atoms with E-state index in [1.807, 2.05) is 12.1 Å². The molecule has 1 aromatic carbocycles. The van der Waals surface area contributed by atoms with Crippen molar-refractivity contribution in [3.63, 3.8) is 0 Å². The molecule has 2 heterocycles. The fraction of sp³-hybridized carbons (Fsp3) is 0.200. The van der Waals surface area contributed by atoms with Crippen LogP contribution in [0.1, 0.15) is 5.56 Å². The van der Waals surface area contributed by atoms with Gasteiger partial charge in [-0.1, -0.05) is 23.2 Å². The van der Waals surface area contributed by atoms with Gasteiger partial charge >= 0.3 is 0 Å². The van der Waals surface area contributed by atoms with Gasteiger partial charge in [-0.2, -0.15) is 14.4 Å². The van der Waals surface area contributed by atoms with Crippen molar-refractivity contribution in [1.82, 2.24) is 20.3 Å². The van der Waals surface area contributed by atoms with E-state index in [0.29, 0.717) is 46.9 Å². The van der Waals surface area contributed by atoms with Gasteiger partial charge in [0.25, 0.3) is 6.01 Å². The highest BCUT2D eigenvalue weighted by Gasteiger charge is 2.05. The molecule has 0 aliphatic rings. The largest absolute Gasteiger partial charge is 0.463 e. The zero-order valence-corrected chi connectivity index (χ0v) is 13.5. The lowest BCUT2D eigenvalue weighted by Gasteiger charge is -2.06. The molecule has 5 nitrogen and oxygen atoms in total. The lowest BCUT2D eigenvalue weighted by Crippen LogP contribution is -2.20. The molecule has 0 unspecified atom stereocenters. The van der Waals surface area contributed by atoms with Crippen LogP contribution in [0.15, 0.2) is 30.3 Å². The Labute approximate surface area is 141 Å². The molecule has 8 heteroatoms. The van der Waals surface area contributed by atoms with Crippen LogP contribution in [0, 0.1) is 5.95 Å². The first-order chi connectivity index (χ1) is 11.1. The number of hydrogen-bond donors (Lipinski definition) is 2. The maximum Gasteiger partial charge on any atom is 0.296 e. The number of hydrogen-bond acceptors (Lipinski definition) is 4. The van der Waals surface area contributed by atoms with Crippen LogP contribution in [0.2, 0.25) is 10.0 Å². The lowest BCUT2D eigenvalue weighted by atomic mass is 10.2. The first-order valence-electron chi connectivity index (χ1n) is 6.91. The number of pyridine rings is 1. The van der Waals surface area contributed by atoms with Crippen molar-refractivity contribution in [3.8, 4) is 6.01 Å². The lowest BCUT2D eigenvalue weighted by molar-refractivity contribution is 0.293. The van der Waals surface area contributed by atoms with Crippen molar-refractivity contribution >= 4 is 34.4 Å². The van der Waals surface area contributed by atoms with Crippen molar-refractivity contribution in [2.45, 2.75) is 6.54 Å². The molecular weight excluding hydrogens is 342 g/mol. The van der Waals surface area contributed by atoms with Crippen LogP contribution in [0.5, 0.6) is 6.01 Å². The molecular formula is C15H13Cl2FN4O. The van der Waals surface area contributed by atoms with Gasteiger partial charge in [0.1, 0.15) is 6.61 Å². The number of nitrogens with zero attached hydrogens (tertiary/aromatic N) is 2. The molecule has 3 rings (SSSR count). The van der Waals surface area contributed by atoms with Gasteiger partial charge in [0.05, 0.1) is 5.52 Å². The van der Waals surface area contributed by atoms with E-state index in [2.05, 4.69) is 20.3 Å². The second-order valence-corrected chi connectivity index (χ2v) is 5.72. The highest BCUT2D eigenvalue weighted by atomic mass is 35.5. The second-order valence-electron chi connectivity index (χ2n) is 4.85. The van der Waals surface area contributed by atoms with Crippen molar-refractivity contribution in [1.29, 1.82) is 0 Å². The summed E-state index contributed by atoms with van der Waals surface area (Å²) < 4.78 is 18.5. The average Bonchev–Trinajstić information content (AvgIpc) is 2.87. The predicted molar refractivity (Wildman–Crippen MR) is 87.5 cm³/mol. The average molecular weight is 355 g/mol. The van der Waals surface area contributed by atoms with Crippen molar-refractivity contribution in [2.75, 3.05) is 13.2 Å². The Bertz CT molecular complexity index is 804. The van der Waals surface area contributed by atoms with Crippen LogP contribution >= 0.6 is 23.2 Å². The Morgan fingerprint density at radius 1 is 1.13 bits per heavy atom. The second kappa shape index (κ2) is 7.12. The molecule has 2 N–H and O–H groups in total. The summed E-state index contributed by atoms with van der Waals surface area (Å²) in [7, 11) is 0. The maximum absolute atomic E-state index is 13.0. The van der Waals surface area contributed by atoms with Crippen molar-refractivity contribution < 1.29 is 9.13 Å². The summed E-state index contributed by atoms with van der Waals surface area (Å²) in [6, 6.07) is 8.53. The Balaban J connectivity index is 1.47. The Kier molecular flexibility index (Phi) is 4.95. The highest BCUT2D eigenvalue weighted by Crippen LogP contribution is 2.18. The molecule has 0 bridgehead atoms. The third kappa shape index (κ3) is 4.31. The van der Waals surface area contributed by atoms with Crippen LogP contribution in [0.4, 0.5) is 4.39 Å². The SMILES string of the molecule is Fc1ccc2[nH]c(OCCNCc3cc(Cl)cc(Cl)c3)nc2n1. The summed E-state index contributed by atoms with van der Waals surface area (Å²) in [6.45, 7) is 1.62. The number of rotatable bonds is 6. The van der Waals surface area contributed by atoms with E-state index in [9.17, 15) is 4.39 Å². The molecule has 0 aliphatic heterocycles. The summed E-state index contributed by atoms with van der Waals surface area (Å²) in [6.07, 6.45) is 0. The Morgan fingerprint density at radius 2 is 1.91 bits per heavy atom. The van der Waals surface area contributed by atoms with Crippen molar-refractivity contribution in [3.05, 3.63) is 51.9 Å². The normalized spacial score (nSPS) is 11.1. The zero-order chi connectivity index (χ0) is 16.2. The van der Waals surface area contributed by atoms with E-state index >= 15 is 0 Å². The molecule has 3 aromatic rings. The van der Waals surface area contributed by atoms with E-state index in [0.717, 1.165) is 5.56 Å². The van der Waals surface area contributed by atoms with Gasteiger partial charge in [-0.25, -0.2) is 0 Å². The molecule has 23 heavy (non-hydrogen) atoms. The summed E-state index contributed by atoms with van der Waals surface area (Å²) >= 11 is 11.9. The fourth-order valence-corrected chi connectivity index (χ4v) is 2.65. The smallest absolute Gasteiger partial charge is 0.296 e. The molecule has 0 atom stereocenters. The first-order valence-corrected chi connectivity index (χ1v) is 7.66. The predicted octanol–water partition coefficient (Wildman–Crippen LogP) is 3.57. The minimum atomic E-state index is -0.572. The molecule has 0 saturated heterocycles. The number of ether oxygens (including phenoxy) is 1. The fourth-order valence-electron chi connectivity index (χ4n) is 2.08. The van der Waals surface area contributed by atoms with E-state index in [1.54, 1.807) is 12.1 Å². The van der Waals surface area contributed by atoms with Gasteiger partial charge in [-0.3, -0.25) is 0 Å². The topological polar surface area (TPSA) is 62.8 Å². The van der Waals surface area contributed by atoms with Crippen LogP contribution in [0.3, 0.4) is 0 Å². The van der Waals surface area contributed by atoms with Crippen molar-refractivity contribution in [2.24, 2.45) is 0 Å². The third-order valence-corrected chi connectivity index (χ3v) is 3.50. The van der Waals surface area contributed by atoms with Gasteiger partial charge in [0, 0.05) is 23.1 Å². The summed E-state index contributed by atoms with van der Waals surface area (Å²) in [5, 5.41) is 4.42. The summed E-state index contributed by atoms with van der Waals surface area (Å²) in [5.41, 5.74) is 1.91. The molecule has 0 spiro atoms. The summed E-state index contributed by atoms with van der Waals surface area (Å²) in [5.74, 6) is -0.572. The first kappa shape index (κ1) is 16.0. The Morgan fingerprint density at radius 3 is 2.70 bits per heavy atom. The number of benzene rings is 1. The zero-order valence-electron chi connectivity index (χ0n) is 11.9. The third-order valence-electron chi connectivity index (χ3n) is 3.06. The van der Waals surface area contributed by atoms with E-state index < -0.39 is 5.95 Å². The highest BCUT2D eigenvalue weighted by molar-refractivity contribution is 6.34. The van der Waals surface area contributed by atoms with E-state index in [4.69, 9.17) is 27.9 Å². The van der Waals surface area contributed by atoms with Crippen LogP contribution in [0.25, 0.3) is 11.2 Å². The maximum atomic E-state index is 13.0. The van der Waals surface area contributed by atoms with Gasteiger partial charge < -0.3 is 15.0 Å². The molecule has 0 fully saturated rings. The molecule has 0 amide bonds. The standard InChI is InChI=1S/C15H13Cl2FN4O/c16-10-5-9(6-11(17)7-10)8-19-3-4-23-15-20-12-1-2-13(18)21-14(12)22-15/h1-2,5-7,19H,3-4,8H2,(H,20,21,22). The number of aromatic amines is 1. The number of halogens is 3. The molecule has 0 saturated carbocycles. The number of fused-ring (bicyclic) bond motifs is 1. The quantitative estimate of drug-likeness (QED) is 0.524. The van der Waals surface area contributed by atoms with E-state index in [-0.39, 0.29) is 0 Å². The Hall–Kier alpha value is -1.89. The van der Waals surface area contributed by atoms with Gasteiger partial charge in [0.15, 0.2) is 5.65 Å². The minimum Gasteiger partial charge on any atom is -0.463 e. The van der Waals surface area contributed by atoms with Crippen LogP contribution in [-0.2, 0) is 6.54 Å². The summed E-state index contributed by atoms with van der Waals surface area (Å²) in [4.78, 5) is 10.6. The van der Waals surface area contributed by atoms with Gasteiger partial charge in [-0.05, 0) is 35.9 Å². The molecule has 2 aromatic heterocycles. The number of nitrogens with one attached hydrogen (secondary N) is 2. The number of H-pyrrole nitrogens is 1. The molecule has 120 valence electrons. The monoisotopic (exact) mass is 354 g/mol.